The van der Waals surface area contributed by atoms with Gasteiger partial charge in [0.1, 0.15) is 9.84 Å². The van der Waals surface area contributed by atoms with E-state index in [0.717, 1.165) is 25.7 Å². The van der Waals surface area contributed by atoms with Crippen molar-refractivity contribution in [2.24, 2.45) is 5.73 Å². The lowest BCUT2D eigenvalue weighted by Gasteiger charge is -2.26. The molecule has 0 radical (unpaired) electrons. The lowest BCUT2D eigenvalue weighted by molar-refractivity contribution is 0.348. The fourth-order valence-corrected chi connectivity index (χ4v) is 2.26. The highest BCUT2D eigenvalue weighted by atomic mass is 32.2. The van der Waals surface area contributed by atoms with Crippen LogP contribution in [0.3, 0.4) is 0 Å². The minimum absolute atomic E-state index is 0.232. The van der Waals surface area contributed by atoms with E-state index < -0.39 is 9.84 Å². The Morgan fingerprint density at radius 1 is 1.29 bits per heavy atom. The molecule has 5 heteroatoms. The summed E-state index contributed by atoms with van der Waals surface area (Å²) >= 11 is 0. The Bertz CT molecular complexity index is 256. The van der Waals surface area contributed by atoms with Gasteiger partial charge in [0.2, 0.25) is 0 Å². The number of hydrogen-bond acceptors (Lipinski definition) is 4. The highest BCUT2D eigenvalue weighted by molar-refractivity contribution is 7.90. The second-order valence-corrected chi connectivity index (χ2v) is 6.46. The molecule has 0 heterocycles. The highest BCUT2D eigenvalue weighted by Crippen LogP contribution is 2.16. The van der Waals surface area contributed by atoms with Crippen molar-refractivity contribution in [3.05, 3.63) is 0 Å². The van der Waals surface area contributed by atoms with E-state index in [-0.39, 0.29) is 5.75 Å². The van der Waals surface area contributed by atoms with Crippen LogP contribution in [0.5, 0.6) is 0 Å². The molecule has 3 N–H and O–H groups in total. The summed E-state index contributed by atoms with van der Waals surface area (Å²) in [6.07, 6.45) is 5.52. The maximum atomic E-state index is 10.9. The van der Waals surface area contributed by atoms with Crippen LogP contribution >= 0.6 is 0 Å². The fraction of sp³-hybridized carbons (Fsp3) is 1.00. The van der Waals surface area contributed by atoms with E-state index in [1.165, 1.54) is 6.26 Å². The standard InChI is InChI=1S/C9H20N2O2S/c1-14(12,13)7-6-11-9-4-2-8(10)3-5-9/h8-9,11H,2-7,10H2,1H3. The molecular weight excluding hydrogens is 200 g/mol. The van der Waals surface area contributed by atoms with Gasteiger partial charge >= 0.3 is 0 Å². The predicted octanol–water partition coefficient (Wildman–Crippen LogP) is -0.109. The summed E-state index contributed by atoms with van der Waals surface area (Å²) in [5, 5.41) is 3.26. The van der Waals surface area contributed by atoms with Crippen LogP contribution in [0.25, 0.3) is 0 Å². The molecule has 1 aliphatic rings. The minimum Gasteiger partial charge on any atom is -0.328 e. The smallest absolute Gasteiger partial charge is 0.148 e. The summed E-state index contributed by atoms with van der Waals surface area (Å²) in [5.41, 5.74) is 5.77. The van der Waals surface area contributed by atoms with Gasteiger partial charge in [-0.05, 0) is 25.7 Å². The SMILES string of the molecule is CS(=O)(=O)CCNC1CCC(N)CC1. The van der Waals surface area contributed by atoms with Crippen LogP contribution in [0.15, 0.2) is 0 Å². The molecule has 0 amide bonds. The van der Waals surface area contributed by atoms with E-state index in [1.54, 1.807) is 0 Å². The van der Waals surface area contributed by atoms with E-state index in [0.29, 0.717) is 18.6 Å². The van der Waals surface area contributed by atoms with Crippen LogP contribution in [0.1, 0.15) is 25.7 Å². The Hall–Kier alpha value is -0.130. The number of nitrogens with two attached hydrogens (primary N) is 1. The van der Waals surface area contributed by atoms with Crippen molar-refractivity contribution in [3.63, 3.8) is 0 Å². The largest absolute Gasteiger partial charge is 0.328 e. The molecule has 0 aromatic carbocycles. The molecule has 84 valence electrons. The Balaban J connectivity index is 2.14. The molecular formula is C9H20N2O2S. The molecule has 0 aromatic rings. The lowest BCUT2D eigenvalue weighted by Crippen LogP contribution is -2.39. The normalized spacial score (nSPS) is 29.0. The van der Waals surface area contributed by atoms with E-state index in [1.807, 2.05) is 0 Å². The summed E-state index contributed by atoms with van der Waals surface area (Å²) in [4.78, 5) is 0. The summed E-state index contributed by atoms with van der Waals surface area (Å²) in [6, 6.07) is 0.819. The molecule has 0 aliphatic heterocycles. The maximum absolute atomic E-state index is 10.9. The van der Waals surface area contributed by atoms with Crippen LogP contribution in [0.4, 0.5) is 0 Å². The monoisotopic (exact) mass is 220 g/mol. The quantitative estimate of drug-likeness (QED) is 0.693. The van der Waals surface area contributed by atoms with Gasteiger partial charge in [-0.25, -0.2) is 8.42 Å². The Morgan fingerprint density at radius 3 is 2.36 bits per heavy atom. The summed E-state index contributed by atoms with van der Waals surface area (Å²) in [7, 11) is -2.82. The molecule has 0 saturated heterocycles. The molecule has 4 nitrogen and oxygen atoms in total. The van der Waals surface area contributed by atoms with Gasteiger partial charge in [0.05, 0.1) is 5.75 Å². The van der Waals surface area contributed by atoms with Crippen molar-refractivity contribution >= 4 is 9.84 Å². The molecule has 14 heavy (non-hydrogen) atoms. The summed E-state index contributed by atoms with van der Waals surface area (Å²) < 4.78 is 21.7. The van der Waals surface area contributed by atoms with Crippen molar-refractivity contribution in [2.75, 3.05) is 18.6 Å². The van der Waals surface area contributed by atoms with Gasteiger partial charge in [-0.1, -0.05) is 0 Å². The first-order valence-electron chi connectivity index (χ1n) is 5.14. The van der Waals surface area contributed by atoms with Crippen LogP contribution in [-0.4, -0.2) is 39.1 Å². The van der Waals surface area contributed by atoms with Crippen LogP contribution in [0.2, 0.25) is 0 Å². The van der Waals surface area contributed by atoms with Crippen LogP contribution in [-0.2, 0) is 9.84 Å². The Labute approximate surface area is 86.2 Å². The topological polar surface area (TPSA) is 72.2 Å². The Morgan fingerprint density at radius 2 is 1.86 bits per heavy atom. The van der Waals surface area contributed by atoms with E-state index in [2.05, 4.69) is 5.32 Å². The molecule has 1 aliphatic carbocycles. The zero-order chi connectivity index (χ0) is 10.6. The maximum Gasteiger partial charge on any atom is 0.148 e. The number of hydrogen-bond donors (Lipinski definition) is 2. The minimum atomic E-state index is -2.82. The number of sulfone groups is 1. The third kappa shape index (κ3) is 4.93. The van der Waals surface area contributed by atoms with Crippen LogP contribution < -0.4 is 11.1 Å². The molecule has 1 saturated carbocycles. The van der Waals surface area contributed by atoms with Gasteiger partial charge < -0.3 is 11.1 Å². The van der Waals surface area contributed by atoms with Crippen molar-refractivity contribution in [1.29, 1.82) is 0 Å². The van der Waals surface area contributed by atoms with Gasteiger partial charge in [0, 0.05) is 24.9 Å². The molecule has 0 aromatic heterocycles. The van der Waals surface area contributed by atoms with Gasteiger partial charge in [0.15, 0.2) is 0 Å². The number of nitrogens with one attached hydrogen (secondary N) is 1. The Kier molecular flexibility index (Phi) is 4.34. The first kappa shape index (κ1) is 11.9. The average molecular weight is 220 g/mol. The third-order valence-electron chi connectivity index (χ3n) is 2.68. The zero-order valence-corrected chi connectivity index (χ0v) is 9.52. The van der Waals surface area contributed by atoms with Crippen molar-refractivity contribution < 1.29 is 8.42 Å². The zero-order valence-electron chi connectivity index (χ0n) is 8.70. The van der Waals surface area contributed by atoms with Gasteiger partial charge in [-0.2, -0.15) is 0 Å². The highest BCUT2D eigenvalue weighted by Gasteiger charge is 2.17. The third-order valence-corrected chi connectivity index (χ3v) is 3.62. The first-order chi connectivity index (χ1) is 6.47. The fourth-order valence-electron chi connectivity index (χ4n) is 1.77. The lowest BCUT2D eigenvalue weighted by atomic mass is 9.92. The second-order valence-electron chi connectivity index (χ2n) is 4.20. The van der Waals surface area contributed by atoms with Crippen molar-refractivity contribution in [2.45, 2.75) is 37.8 Å². The molecule has 1 fully saturated rings. The second kappa shape index (κ2) is 5.09. The molecule has 0 spiro atoms. The summed E-state index contributed by atoms with van der Waals surface area (Å²) in [5.74, 6) is 0.232. The predicted molar refractivity (Wildman–Crippen MR) is 57.9 cm³/mol. The van der Waals surface area contributed by atoms with Crippen LogP contribution in [0, 0.1) is 0 Å². The molecule has 0 bridgehead atoms. The van der Waals surface area contributed by atoms with Crippen molar-refractivity contribution in [1.82, 2.24) is 5.32 Å². The molecule has 0 atom stereocenters. The van der Waals surface area contributed by atoms with E-state index >= 15 is 0 Å². The number of rotatable bonds is 4. The van der Waals surface area contributed by atoms with E-state index in [9.17, 15) is 8.42 Å². The van der Waals surface area contributed by atoms with E-state index in [4.69, 9.17) is 5.73 Å². The average Bonchev–Trinajstić information content (AvgIpc) is 2.06. The van der Waals surface area contributed by atoms with Gasteiger partial charge in [-0.15, -0.1) is 0 Å². The first-order valence-corrected chi connectivity index (χ1v) is 7.20. The summed E-state index contributed by atoms with van der Waals surface area (Å²) in [6.45, 7) is 0.568. The van der Waals surface area contributed by atoms with Gasteiger partial charge in [0.25, 0.3) is 0 Å². The molecule has 0 unspecified atom stereocenters. The molecule has 1 rings (SSSR count). The van der Waals surface area contributed by atoms with Crippen molar-refractivity contribution in [3.8, 4) is 0 Å². The van der Waals surface area contributed by atoms with Gasteiger partial charge in [-0.3, -0.25) is 0 Å².